The van der Waals surface area contributed by atoms with Crippen molar-refractivity contribution >= 4 is 50.9 Å². The van der Waals surface area contributed by atoms with Gasteiger partial charge < -0.3 is 5.32 Å². The summed E-state index contributed by atoms with van der Waals surface area (Å²) in [6.45, 7) is 0.402. The number of amides is 1. The number of rotatable bonds is 10. The van der Waals surface area contributed by atoms with Crippen LogP contribution in [0.15, 0.2) is 53.4 Å². The molecular formula is C19H22Cl2N2O3S2. The van der Waals surface area contributed by atoms with E-state index in [9.17, 15) is 13.2 Å². The normalized spacial score (nSPS) is 12.5. The summed E-state index contributed by atoms with van der Waals surface area (Å²) in [6, 6.07) is 12.3. The molecule has 1 amide bonds. The molecule has 0 aliphatic carbocycles. The molecule has 2 rings (SSSR count). The van der Waals surface area contributed by atoms with Gasteiger partial charge in [-0.15, -0.1) is 0 Å². The van der Waals surface area contributed by atoms with Crippen LogP contribution in [-0.4, -0.2) is 38.9 Å². The molecule has 2 aromatic rings. The predicted octanol–water partition coefficient (Wildman–Crippen LogP) is 3.75. The van der Waals surface area contributed by atoms with Gasteiger partial charge in [0.1, 0.15) is 6.04 Å². The molecule has 0 aromatic heterocycles. The SMILES string of the molecule is CSCCC(NS(=O)(=O)c1ccc(Cl)cc1)C(=O)NCCc1ccc(Cl)cc1. The summed E-state index contributed by atoms with van der Waals surface area (Å²) in [4.78, 5) is 12.6. The molecule has 0 radical (unpaired) electrons. The minimum absolute atomic E-state index is 0.0695. The first-order chi connectivity index (χ1) is 13.3. The number of sulfonamides is 1. The molecule has 0 aliphatic rings. The van der Waals surface area contributed by atoms with Crippen LogP contribution in [0.5, 0.6) is 0 Å². The largest absolute Gasteiger partial charge is 0.354 e. The number of nitrogens with one attached hydrogen (secondary N) is 2. The fraction of sp³-hybridized carbons (Fsp3) is 0.316. The Morgan fingerprint density at radius 1 is 1.04 bits per heavy atom. The van der Waals surface area contributed by atoms with E-state index in [-0.39, 0.29) is 10.8 Å². The molecule has 0 spiro atoms. The number of benzene rings is 2. The van der Waals surface area contributed by atoms with Gasteiger partial charge in [-0.25, -0.2) is 8.42 Å². The molecule has 28 heavy (non-hydrogen) atoms. The van der Waals surface area contributed by atoms with Crippen molar-refractivity contribution in [1.29, 1.82) is 0 Å². The monoisotopic (exact) mass is 460 g/mol. The molecule has 0 saturated carbocycles. The van der Waals surface area contributed by atoms with Crippen LogP contribution >= 0.6 is 35.0 Å². The zero-order valence-corrected chi connectivity index (χ0v) is 18.5. The van der Waals surface area contributed by atoms with Crippen molar-refractivity contribution in [3.63, 3.8) is 0 Å². The first-order valence-electron chi connectivity index (χ1n) is 8.61. The summed E-state index contributed by atoms with van der Waals surface area (Å²) in [5.41, 5.74) is 1.03. The summed E-state index contributed by atoms with van der Waals surface area (Å²) in [5.74, 6) is 0.304. The van der Waals surface area contributed by atoms with Gasteiger partial charge in [-0.1, -0.05) is 35.3 Å². The van der Waals surface area contributed by atoms with Crippen molar-refractivity contribution in [1.82, 2.24) is 10.0 Å². The lowest BCUT2D eigenvalue weighted by Crippen LogP contribution is -2.47. The second-order valence-electron chi connectivity index (χ2n) is 6.08. The standard InChI is InChI=1S/C19H22Cl2N2O3S2/c1-27-13-11-18(23-28(25,26)17-8-6-16(21)7-9-17)19(24)22-12-10-14-2-4-15(20)5-3-14/h2-9,18,23H,10-13H2,1H3,(H,22,24). The number of carbonyl (C=O) groups excluding carboxylic acids is 1. The van der Waals surface area contributed by atoms with Crippen LogP contribution < -0.4 is 10.0 Å². The van der Waals surface area contributed by atoms with E-state index in [4.69, 9.17) is 23.2 Å². The molecule has 2 N–H and O–H groups in total. The Morgan fingerprint density at radius 3 is 2.18 bits per heavy atom. The van der Waals surface area contributed by atoms with Gasteiger partial charge in [0.15, 0.2) is 0 Å². The van der Waals surface area contributed by atoms with E-state index in [1.807, 2.05) is 18.4 Å². The Morgan fingerprint density at radius 2 is 1.61 bits per heavy atom. The lowest BCUT2D eigenvalue weighted by atomic mass is 10.1. The molecule has 1 atom stereocenters. The summed E-state index contributed by atoms with van der Waals surface area (Å²) in [5, 5.41) is 3.91. The second kappa shape index (κ2) is 11.1. The lowest BCUT2D eigenvalue weighted by Gasteiger charge is -2.18. The molecule has 0 heterocycles. The van der Waals surface area contributed by atoms with E-state index in [1.165, 1.54) is 24.3 Å². The van der Waals surface area contributed by atoms with Crippen molar-refractivity contribution in [2.45, 2.75) is 23.8 Å². The first kappa shape index (κ1) is 23.0. The first-order valence-corrected chi connectivity index (χ1v) is 12.2. The van der Waals surface area contributed by atoms with Gasteiger partial charge >= 0.3 is 0 Å². The maximum Gasteiger partial charge on any atom is 0.241 e. The van der Waals surface area contributed by atoms with E-state index >= 15 is 0 Å². The van der Waals surface area contributed by atoms with Crippen LogP contribution in [0.25, 0.3) is 0 Å². The number of carbonyl (C=O) groups is 1. The molecule has 5 nitrogen and oxygen atoms in total. The van der Waals surface area contributed by atoms with E-state index in [0.717, 1.165) is 5.56 Å². The smallest absolute Gasteiger partial charge is 0.241 e. The predicted molar refractivity (Wildman–Crippen MR) is 117 cm³/mol. The maximum atomic E-state index is 12.6. The van der Waals surface area contributed by atoms with Crippen LogP contribution in [0.3, 0.4) is 0 Å². The average Bonchev–Trinajstić information content (AvgIpc) is 2.67. The van der Waals surface area contributed by atoms with E-state index < -0.39 is 16.1 Å². The Hall–Kier alpha value is -1.25. The highest BCUT2D eigenvalue weighted by Gasteiger charge is 2.25. The van der Waals surface area contributed by atoms with E-state index in [2.05, 4.69) is 10.0 Å². The van der Waals surface area contributed by atoms with Crippen LogP contribution in [0.2, 0.25) is 10.0 Å². The van der Waals surface area contributed by atoms with Crippen molar-refractivity contribution < 1.29 is 13.2 Å². The quantitative estimate of drug-likeness (QED) is 0.565. The molecular weight excluding hydrogens is 439 g/mol. The number of halogens is 2. The van der Waals surface area contributed by atoms with E-state index in [0.29, 0.717) is 35.2 Å². The molecule has 2 aromatic carbocycles. The Balaban J connectivity index is 1.99. The Bertz CT molecular complexity index is 873. The zero-order valence-electron chi connectivity index (χ0n) is 15.3. The highest BCUT2D eigenvalue weighted by Crippen LogP contribution is 2.15. The van der Waals surface area contributed by atoms with Crippen molar-refractivity contribution in [3.05, 3.63) is 64.1 Å². The molecule has 0 aliphatic heterocycles. The summed E-state index contributed by atoms with van der Waals surface area (Å²) < 4.78 is 27.7. The third-order valence-electron chi connectivity index (χ3n) is 3.97. The molecule has 0 bridgehead atoms. The number of hydrogen-bond donors (Lipinski definition) is 2. The van der Waals surface area contributed by atoms with Gasteiger partial charge in [0, 0.05) is 16.6 Å². The van der Waals surface area contributed by atoms with Crippen LogP contribution in [0, 0.1) is 0 Å². The minimum Gasteiger partial charge on any atom is -0.354 e. The molecule has 0 fully saturated rings. The van der Waals surface area contributed by atoms with Crippen LogP contribution in [0.4, 0.5) is 0 Å². The molecule has 9 heteroatoms. The van der Waals surface area contributed by atoms with Gasteiger partial charge in [0.05, 0.1) is 4.90 Å². The highest BCUT2D eigenvalue weighted by atomic mass is 35.5. The van der Waals surface area contributed by atoms with Gasteiger partial charge in [-0.05, 0) is 66.8 Å². The Kier molecular flexibility index (Phi) is 9.11. The number of thioether (sulfide) groups is 1. The van der Waals surface area contributed by atoms with Gasteiger partial charge in [0.2, 0.25) is 15.9 Å². The second-order valence-corrected chi connectivity index (χ2v) is 9.65. The summed E-state index contributed by atoms with van der Waals surface area (Å²) in [6.07, 6.45) is 2.92. The summed E-state index contributed by atoms with van der Waals surface area (Å²) >= 11 is 13.2. The van der Waals surface area contributed by atoms with Crippen molar-refractivity contribution in [2.24, 2.45) is 0 Å². The Labute approximate surface area is 180 Å². The third kappa shape index (κ3) is 7.29. The van der Waals surface area contributed by atoms with Gasteiger partial charge in [-0.2, -0.15) is 16.5 Å². The molecule has 1 unspecified atom stereocenters. The molecule has 152 valence electrons. The summed E-state index contributed by atoms with van der Waals surface area (Å²) in [7, 11) is -3.83. The fourth-order valence-corrected chi connectivity index (χ4v) is 4.41. The third-order valence-corrected chi connectivity index (χ3v) is 6.61. The average molecular weight is 461 g/mol. The van der Waals surface area contributed by atoms with E-state index in [1.54, 1.807) is 23.9 Å². The maximum absolute atomic E-state index is 12.6. The van der Waals surface area contributed by atoms with Crippen molar-refractivity contribution in [3.8, 4) is 0 Å². The minimum atomic E-state index is -3.83. The van der Waals surface area contributed by atoms with Crippen molar-refractivity contribution in [2.75, 3.05) is 18.6 Å². The van der Waals surface area contributed by atoms with Gasteiger partial charge in [-0.3, -0.25) is 4.79 Å². The lowest BCUT2D eigenvalue weighted by molar-refractivity contribution is -0.122. The fourth-order valence-electron chi connectivity index (χ4n) is 2.45. The highest BCUT2D eigenvalue weighted by molar-refractivity contribution is 7.98. The van der Waals surface area contributed by atoms with Crippen LogP contribution in [0.1, 0.15) is 12.0 Å². The van der Waals surface area contributed by atoms with Gasteiger partial charge in [0.25, 0.3) is 0 Å². The topological polar surface area (TPSA) is 75.3 Å². The number of hydrogen-bond acceptors (Lipinski definition) is 4. The van der Waals surface area contributed by atoms with Crippen LogP contribution in [-0.2, 0) is 21.2 Å². The zero-order chi connectivity index (χ0) is 20.6. The molecule has 0 saturated heterocycles.